The fourth-order valence-corrected chi connectivity index (χ4v) is 3.47. The Kier molecular flexibility index (Phi) is 6.21. The predicted molar refractivity (Wildman–Crippen MR) is 87.0 cm³/mol. The highest BCUT2D eigenvalue weighted by atomic mass is 79.9. The van der Waals surface area contributed by atoms with Crippen LogP contribution in [0.4, 0.5) is 0 Å². The summed E-state index contributed by atoms with van der Waals surface area (Å²) in [6.45, 7) is 3.64. The summed E-state index contributed by atoms with van der Waals surface area (Å²) in [6, 6.07) is 8.01. The number of para-hydroxylation sites is 2. The maximum Gasteiger partial charge on any atom is 0.161 e. The van der Waals surface area contributed by atoms with Crippen LogP contribution in [-0.4, -0.2) is 18.5 Å². The molecule has 1 aliphatic rings. The number of benzene rings is 1. The van der Waals surface area contributed by atoms with Crippen molar-refractivity contribution in [1.29, 1.82) is 0 Å². The Morgan fingerprint density at radius 2 is 1.70 bits per heavy atom. The van der Waals surface area contributed by atoms with Crippen molar-refractivity contribution >= 4 is 15.9 Å². The molecule has 20 heavy (non-hydrogen) atoms. The third-order valence-corrected chi connectivity index (χ3v) is 5.23. The van der Waals surface area contributed by atoms with Gasteiger partial charge in [-0.25, -0.2) is 0 Å². The molecule has 1 aromatic carbocycles. The molecule has 0 aromatic heterocycles. The van der Waals surface area contributed by atoms with Crippen molar-refractivity contribution < 1.29 is 9.47 Å². The van der Waals surface area contributed by atoms with Crippen LogP contribution in [-0.2, 0) is 0 Å². The summed E-state index contributed by atoms with van der Waals surface area (Å²) in [6.07, 6.45) is 7.54. The Morgan fingerprint density at radius 3 is 2.30 bits per heavy atom. The Labute approximate surface area is 131 Å². The van der Waals surface area contributed by atoms with Gasteiger partial charge in [0, 0.05) is 10.7 Å². The van der Waals surface area contributed by atoms with Crippen molar-refractivity contribution in [2.45, 2.75) is 45.4 Å². The molecule has 1 saturated carbocycles. The molecule has 0 spiro atoms. The summed E-state index contributed by atoms with van der Waals surface area (Å²) in [5.41, 5.74) is 0.302. The van der Waals surface area contributed by atoms with Crippen LogP contribution in [0, 0.1) is 5.41 Å². The van der Waals surface area contributed by atoms with E-state index in [4.69, 9.17) is 9.47 Å². The molecule has 1 fully saturated rings. The second-order valence-electron chi connectivity index (χ2n) is 5.78. The lowest BCUT2D eigenvalue weighted by Gasteiger charge is -2.35. The zero-order valence-corrected chi connectivity index (χ0v) is 14.0. The van der Waals surface area contributed by atoms with Gasteiger partial charge in [-0.1, -0.05) is 54.2 Å². The second-order valence-corrected chi connectivity index (χ2v) is 6.34. The van der Waals surface area contributed by atoms with Gasteiger partial charge in [0.05, 0.1) is 13.2 Å². The Hall–Kier alpha value is -0.700. The highest BCUT2D eigenvalue weighted by Crippen LogP contribution is 2.39. The summed E-state index contributed by atoms with van der Waals surface area (Å²) < 4.78 is 11.9. The zero-order valence-electron chi connectivity index (χ0n) is 12.4. The molecule has 0 amide bonds. The van der Waals surface area contributed by atoms with E-state index < -0.39 is 0 Å². The number of ether oxygens (including phenoxy) is 2. The van der Waals surface area contributed by atoms with E-state index >= 15 is 0 Å². The highest BCUT2D eigenvalue weighted by molar-refractivity contribution is 9.09. The van der Waals surface area contributed by atoms with Gasteiger partial charge in [-0.15, -0.1) is 0 Å². The zero-order chi connectivity index (χ0) is 14.3. The van der Waals surface area contributed by atoms with Gasteiger partial charge in [0.25, 0.3) is 0 Å². The topological polar surface area (TPSA) is 18.5 Å². The minimum absolute atomic E-state index is 0.302. The molecular weight excluding hydrogens is 316 g/mol. The Balaban J connectivity index is 1.98. The molecule has 0 radical (unpaired) electrons. The number of hydrogen-bond donors (Lipinski definition) is 0. The fraction of sp³-hybridized carbons (Fsp3) is 0.647. The van der Waals surface area contributed by atoms with Crippen LogP contribution in [0.1, 0.15) is 45.4 Å². The quantitative estimate of drug-likeness (QED) is 0.635. The smallest absolute Gasteiger partial charge is 0.161 e. The van der Waals surface area contributed by atoms with Crippen LogP contribution in [0.2, 0.25) is 0 Å². The van der Waals surface area contributed by atoms with Crippen molar-refractivity contribution in [1.82, 2.24) is 0 Å². The van der Waals surface area contributed by atoms with Crippen molar-refractivity contribution in [3.8, 4) is 11.5 Å². The summed E-state index contributed by atoms with van der Waals surface area (Å²) in [4.78, 5) is 0. The van der Waals surface area contributed by atoms with E-state index in [9.17, 15) is 0 Å². The third kappa shape index (κ3) is 4.15. The van der Waals surface area contributed by atoms with Gasteiger partial charge in [0.15, 0.2) is 11.5 Å². The van der Waals surface area contributed by atoms with Gasteiger partial charge in [0.2, 0.25) is 0 Å². The van der Waals surface area contributed by atoms with E-state index in [-0.39, 0.29) is 0 Å². The van der Waals surface area contributed by atoms with E-state index in [1.54, 1.807) is 0 Å². The summed E-state index contributed by atoms with van der Waals surface area (Å²) in [7, 11) is 0. The molecule has 1 aromatic rings. The molecule has 2 nitrogen and oxygen atoms in total. The van der Waals surface area contributed by atoms with E-state index in [1.165, 1.54) is 32.1 Å². The van der Waals surface area contributed by atoms with Gasteiger partial charge < -0.3 is 9.47 Å². The molecule has 0 unspecified atom stereocenters. The normalized spacial score (nSPS) is 17.7. The molecule has 0 atom stereocenters. The maximum atomic E-state index is 6.11. The molecule has 112 valence electrons. The highest BCUT2D eigenvalue weighted by Gasteiger charge is 2.32. The Bertz CT molecular complexity index is 400. The van der Waals surface area contributed by atoms with Crippen LogP contribution < -0.4 is 9.47 Å². The third-order valence-electron chi connectivity index (χ3n) is 4.04. The van der Waals surface area contributed by atoms with E-state index in [0.717, 1.165) is 36.5 Å². The first-order valence-electron chi connectivity index (χ1n) is 7.70. The molecule has 0 N–H and O–H groups in total. The van der Waals surface area contributed by atoms with Gasteiger partial charge in [-0.2, -0.15) is 0 Å². The molecule has 0 saturated heterocycles. The Morgan fingerprint density at radius 1 is 1.05 bits per heavy atom. The minimum Gasteiger partial charge on any atom is -0.490 e. The van der Waals surface area contributed by atoms with Gasteiger partial charge in [-0.05, 0) is 31.4 Å². The van der Waals surface area contributed by atoms with Crippen LogP contribution in [0.15, 0.2) is 24.3 Å². The van der Waals surface area contributed by atoms with Crippen molar-refractivity contribution in [3.63, 3.8) is 0 Å². The van der Waals surface area contributed by atoms with Gasteiger partial charge >= 0.3 is 0 Å². The average molecular weight is 341 g/mol. The van der Waals surface area contributed by atoms with Crippen molar-refractivity contribution in [3.05, 3.63) is 24.3 Å². The molecule has 0 bridgehead atoms. The largest absolute Gasteiger partial charge is 0.490 e. The molecule has 3 heteroatoms. The lowest BCUT2D eigenvalue weighted by atomic mass is 9.76. The van der Waals surface area contributed by atoms with Crippen LogP contribution >= 0.6 is 15.9 Å². The molecule has 0 heterocycles. The minimum atomic E-state index is 0.302. The number of hydrogen-bond acceptors (Lipinski definition) is 2. The molecule has 1 aliphatic carbocycles. The predicted octanol–water partition coefficient (Wildman–Crippen LogP) is 5.20. The maximum absolute atomic E-state index is 6.11. The van der Waals surface area contributed by atoms with E-state index in [1.807, 2.05) is 24.3 Å². The number of alkyl halides is 1. The summed E-state index contributed by atoms with van der Waals surface area (Å²) in [5, 5.41) is 1.03. The second kappa shape index (κ2) is 7.92. The van der Waals surface area contributed by atoms with E-state index in [0.29, 0.717) is 5.41 Å². The SMILES string of the molecule is CCCOc1ccccc1OCC1(CBr)CCCCC1. The molecule has 2 rings (SSSR count). The van der Waals surface area contributed by atoms with Crippen LogP contribution in [0.5, 0.6) is 11.5 Å². The first-order chi connectivity index (χ1) is 9.79. The molecular formula is C17H25BrO2. The average Bonchev–Trinajstić information content (AvgIpc) is 2.52. The van der Waals surface area contributed by atoms with E-state index in [2.05, 4.69) is 22.9 Å². The van der Waals surface area contributed by atoms with Crippen molar-refractivity contribution in [2.75, 3.05) is 18.5 Å². The lowest BCUT2D eigenvalue weighted by Crippen LogP contribution is -2.32. The lowest BCUT2D eigenvalue weighted by molar-refractivity contribution is 0.118. The number of halogens is 1. The summed E-state index contributed by atoms with van der Waals surface area (Å²) in [5.74, 6) is 1.75. The van der Waals surface area contributed by atoms with Crippen molar-refractivity contribution in [2.24, 2.45) is 5.41 Å². The van der Waals surface area contributed by atoms with Crippen LogP contribution in [0.3, 0.4) is 0 Å². The first kappa shape index (κ1) is 15.7. The summed E-state index contributed by atoms with van der Waals surface area (Å²) >= 11 is 3.69. The standard InChI is InChI=1S/C17H25BrO2/c1-2-12-19-15-8-4-5-9-16(15)20-14-17(13-18)10-6-3-7-11-17/h4-5,8-9H,2-3,6-7,10-14H2,1H3. The van der Waals surface area contributed by atoms with Gasteiger partial charge in [-0.3, -0.25) is 0 Å². The fourth-order valence-electron chi connectivity index (χ4n) is 2.75. The van der Waals surface area contributed by atoms with Gasteiger partial charge in [0.1, 0.15) is 0 Å². The monoisotopic (exact) mass is 340 g/mol. The number of rotatable bonds is 7. The first-order valence-corrected chi connectivity index (χ1v) is 8.82. The van der Waals surface area contributed by atoms with Crippen LogP contribution in [0.25, 0.3) is 0 Å². The molecule has 0 aliphatic heterocycles.